The molecule has 104 valence electrons. The Balaban J connectivity index is 2.04. The molecule has 0 spiro atoms. The van der Waals surface area contributed by atoms with Gasteiger partial charge in [0.2, 0.25) is 10.0 Å². The molecule has 0 bridgehead atoms. The maximum atomic E-state index is 11.9. The highest BCUT2D eigenvalue weighted by atomic mass is 32.2. The summed E-state index contributed by atoms with van der Waals surface area (Å²) < 4.78 is 27.7. The predicted molar refractivity (Wildman–Crippen MR) is 72.4 cm³/mol. The molecule has 0 fully saturated rings. The summed E-state index contributed by atoms with van der Waals surface area (Å²) in [6.07, 6.45) is 1.84. The lowest BCUT2D eigenvalue weighted by atomic mass is 10.2. The van der Waals surface area contributed by atoms with E-state index in [4.69, 9.17) is 0 Å². The third kappa shape index (κ3) is 3.21. The van der Waals surface area contributed by atoms with Gasteiger partial charge in [-0.05, 0) is 23.9 Å². The molecule has 8 heteroatoms. The van der Waals surface area contributed by atoms with Gasteiger partial charge in [-0.1, -0.05) is 0 Å². The molecule has 1 atom stereocenters. The molecular weight excluding hydrogens is 286 g/mol. The molecule has 0 aliphatic heterocycles. The number of sulfonamides is 1. The maximum Gasteiger partial charge on any atom is 0.243 e. The van der Waals surface area contributed by atoms with Crippen LogP contribution in [0.3, 0.4) is 0 Å². The molecule has 19 heavy (non-hydrogen) atoms. The zero-order chi connectivity index (χ0) is 14.0. The number of hydrogen-bond donors (Lipinski definition) is 2. The Morgan fingerprint density at radius 2 is 2.32 bits per heavy atom. The molecule has 2 rings (SSSR count). The minimum Gasteiger partial charge on any atom is -0.386 e. The van der Waals surface area contributed by atoms with Gasteiger partial charge >= 0.3 is 0 Å². The van der Waals surface area contributed by atoms with Gasteiger partial charge in [-0.25, -0.2) is 13.1 Å². The summed E-state index contributed by atoms with van der Waals surface area (Å²) in [4.78, 5) is 0.860. The molecule has 0 aromatic carbocycles. The fourth-order valence-corrected chi connectivity index (χ4v) is 3.56. The number of aromatic nitrogens is 2. The predicted octanol–water partition coefficient (Wildman–Crippen LogP) is 0.802. The van der Waals surface area contributed by atoms with Crippen LogP contribution in [0.2, 0.25) is 0 Å². The van der Waals surface area contributed by atoms with Crippen molar-refractivity contribution in [1.82, 2.24) is 14.5 Å². The Kier molecular flexibility index (Phi) is 4.04. The highest BCUT2D eigenvalue weighted by molar-refractivity contribution is 7.89. The van der Waals surface area contributed by atoms with Crippen molar-refractivity contribution in [2.45, 2.75) is 17.9 Å². The van der Waals surface area contributed by atoms with Crippen molar-refractivity contribution in [3.63, 3.8) is 0 Å². The number of nitrogens with zero attached hydrogens (tertiary/aromatic N) is 2. The number of aliphatic hydroxyl groups excluding tert-OH is 1. The van der Waals surface area contributed by atoms with E-state index in [-0.39, 0.29) is 11.4 Å². The van der Waals surface area contributed by atoms with Gasteiger partial charge in [-0.2, -0.15) is 5.10 Å². The van der Waals surface area contributed by atoms with Gasteiger partial charge in [0.1, 0.15) is 11.0 Å². The first-order chi connectivity index (χ1) is 8.90. The molecule has 2 aromatic rings. The lowest BCUT2D eigenvalue weighted by Crippen LogP contribution is -2.28. The second kappa shape index (κ2) is 5.41. The second-order valence-corrected chi connectivity index (χ2v) is 6.90. The molecule has 2 heterocycles. The molecule has 0 saturated heterocycles. The molecular formula is C11H15N3O3S2. The Hall–Kier alpha value is -1.22. The fourth-order valence-electron chi connectivity index (χ4n) is 1.63. The fraction of sp³-hybridized carbons (Fsp3) is 0.364. The Bertz CT molecular complexity index is 660. The smallest absolute Gasteiger partial charge is 0.243 e. The second-order valence-electron chi connectivity index (χ2n) is 4.19. The van der Waals surface area contributed by atoms with E-state index in [9.17, 15) is 13.5 Å². The Morgan fingerprint density at radius 3 is 2.84 bits per heavy atom. The summed E-state index contributed by atoms with van der Waals surface area (Å²) in [6, 6.07) is 1.89. The van der Waals surface area contributed by atoms with Crippen LogP contribution in [0.4, 0.5) is 0 Å². The number of aryl methyl sites for hydroxylation is 2. The molecule has 0 amide bonds. The van der Waals surface area contributed by atoms with Gasteiger partial charge in [0.15, 0.2) is 0 Å². The van der Waals surface area contributed by atoms with Crippen LogP contribution in [-0.4, -0.2) is 29.8 Å². The minimum absolute atomic E-state index is 0.0570. The summed E-state index contributed by atoms with van der Waals surface area (Å²) in [5, 5.41) is 15.6. The third-order valence-electron chi connectivity index (χ3n) is 2.66. The molecule has 6 nitrogen and oxygen atoms in total. The van der Waals surface area contributed by atoms with E-state index in [1.54, 1.807) is 7.05 Å². The molecule has 0 saturated carbocycles. The van der Waals surface area contributed by atoms with Crippen molar-refractivity contribution >= 4 is 21.4 Å². The Morgan fingerprint density at radius 1 is 1.58 bits per heavy atom. The summed E-state index contributed by atoms with van der Waals surface area (Å²) in [5.74, 6) is 0. The van der Waals surface area contributed by atoms with Gasteiger partial charge in [0, 0.05) is 24.7 Å². The van der Waals surface area contributed by atoms with Crippen molar-refractivity contribution < 1.29 is 13.5 Å². The van der Waals surface area contributed by atoms with Crippen molar-refractivity contribution in [2.75, 3.05) is 6.54 Å². The van der Waals surface area contributed by atoms with Crippen molar-refractivity contribution in [3.8, 4) is 0 Å². The molecule has 0 radical (unpaired) electrons. The van der Waals surface area contributed by atoms with E-state index in [1.807, 2.05) is 18.4 Å². The first kappa shape index (κ1) is 14.2. The Labute approximate surface area is 115 Å². The van der Waals surface area contributed by atoms with Crippen molar-refractivity contribution in [3.05, 3.63) is 34.3 Å². The lowest BCUT2D eigenvalue weighted by molar-refractivity contribution is 0.185. The summed E-state index contributed by atoms with van der Waals surface area (Å²) >= 11 is 1.41. The molecule has 0 aliphatic rings. The number of thiophene rings is 1. The number of hydrogen-bond acceptors (Lipinski definition) is 5. The van der Waals surface area contributed by atoms with Crippen LogP contribution in [-0.2, 0) is 17.1 Å². The van der Waals surface area contributed by atoms with Crippen LogP contribution < -0.4 is 4.72 Å². The zero-order valence-corrected chi connectivity index (χ0v) is 12.2. The van der Waals surface area contributed by atoms with Crippen LogP contribution in [0.1, 0.15) is 16.5 Å². The zero-order valence-electron chi connectivity index (χ0n) is 10.6. The van der Waals surface area contributed by atoms with Crippen LogP contribution in [0.5, 0.6) is 0 Å². The van der Waals surface area contributed by atoms with Crippen LogP contribution in [0.15, 0.2) is 28.7 Å². The molecule has 2 aromatic heterocycles. The van der Waals surface area contributed by atoms with Gasteiger partial charge < -0.3 is 5.11 Å². The van der Waals surface area contributed by atoms with E-state index in [0.29, 0.717) is 0 Å². The minimum atomic E-state index is -3.63. The van der Waals surface area contributed by atoms with Crippen molar-refractivity contribution in [2.24, 2.45) is 7.05 Å². The SMILES string of the molecule is Cc1ccsc1[C@@H](O)CNS(=O)(=O)c1cnn(C)c1. The van der Waals surface area contributed by atoms with Crippen molar-refractivity contribution in [1.29, 1.82) is 0 Å². The number of nitrogens with one attached hydrogen (secondary N) is 1. The maximum absolute atomic E-state index is 11.9. The van der Waals surface area contributed by atoms with Crippen LogP contribution >= 0.6 is 11.3 Å². The highest BCUT2D eigenvalue weighted by Crippen LogP contribution is 2.23. The van der Waals surface area contributed by atoms with Gasteiger partial charge in [0.25, 0.3) is 0 Å². The third-order valence-corrected chi connectivity index (χ3v) is 5.16. The van der Waals surface area contributed by atoms with E-state index in [1.165, 1.54) is 28.4 Å². The van der Waals surface area contributed by atoms with E-state index in [2.05, 4.69) is 9.82 Å². The summed E-state index contributed by atoms with van der Waals surface area (Å²) in [5.41, 5.74) is 0.957. The molecule has 0 aliphatic carbocycles. The van der Waals surface area contributed by atoms with Gasteiger partial charge in [0.05, 0.1) is 6.20 Å². The first-order valence-corrected chi connectivity index (χ1v) is 7.97. The van der Waals surface area contributed by atoms with E-state index in [0.717, 1.165) is 10.4 Å². The van der Waals surface area contributed by atoms with Crippen LogP contribution in [0.25, 0.3) is 0 Å². The number of rotatable bonds is 5. The topological polar surface area (TPSA) is 84.2 Å². The van der Waals surface area contributed by atoms with E-state index >= 15 is 0 Å². The van der Waals surface area contributed by atoms with Gasteiger partial charge in [-0.15, -0.1) is 11.3 Å². The average Bonchev–Trinajstić information content (AvgIpc) is 2.95. The monoisotopic (exact) mass is 301 g/mol. The summed E-state index contributed by atoms with van der Waals surface area (Å²) in [7, 11) is -1.99. The average molecular weight is 301 g/mol. The highest BCUT2D eigenvalue weighted by Gasteiger charge is 2.19. The largest absolute Gasteiger partial charge is 0.386 e. The van der Waals surface area contributed by atoms with E-state index < -0.39 is 16.1 Å². The standard InChI is InChI=1S/C11H15N3O3S2/c1-8-3-4-18-11(8)10(15)6-13-19(16,17)9-5-12-14(2)7-9/h3-5,7,10,13,15H,6H2,1-2H3/t10-/m0/s1. The van der Waals surface area contributed by atoms with Crippen LogP contribution in [0, 0.1) is 6.92 Å². The number of aliphatic hydroxyl groups is 1. The van der Waals surface area contributed by atoms with Gasteiger partial charge in [-0.3, -0.25) is 4.68 Å². The quantitative estimate of drug-likeness (QED) is 0.855. The first-order valence-electron chi connectivity index (χ1n) is 5.60. The normalized spacial score (nSPS) is 13.6. The lowest BCUT2D eigenvalue weighted by Gasteiger charge is -2.11. The molecule has 0 unspecified atom stereocenters. The summed E-state index contributed by atoms with van der Waals surface area (Å²) in [6.45, 7) is 1.82. The molecule has 2 N–H and O–H groups in total.